The van der Waals surface area contributed by atoms with Crippen LogP contribution in [0.4, 0.5) is 11.4 Å². The number of hydrogen-bond donors (Lipinski definition) is 1. The number of aryl methyl sites for hydroxylation is 1. The molecule has 0 radical (unpaired) electrons. The molecule has 2 aliphatic rings. The average Bonchev–Trinajstić information content (AvgIpc) is 3.06. The van der Waals surface area contributed by atoms with Crippen LogP contribution in [0.25, 0.3) is 0 Å². The van der Waals surface area contributed by atoms with E-state index < -0.39 is 0 Å². The Morgan fingerprint density at radius 2 is 2.08 bits per heavy atom. The van der Waals surface area contributed by atoms with Gasteiger partial charge >= 0.3 is 0 Å². The number of nitro groups is 1. The van der Waals surface area contributed by atoms with Crippen molar-refractivity contribution < 1.29 is 4.92 Å². The quantitative estimate of drug-likeness (QED) is 0.428. The number of nitro benzene ring substituents is 1. The smallest absolute Gasteiger partial charge is 0.292 e. The Balaban J connectivity index is 1.92. The van der Waals surface area contributed by atoms with Gasteiger partial charge < -0.3 is 5.32 Å². The largest absolute Gasteiger partial charge is 0.372 e. The zero-order chi connectivity index (χ0) is 17.7. The van der Waals surface area contributed by atoms with Crippen LogP contribution >= 0.6 is 11.6 Å². The van der Waals surface area contributed by atoms with Gasteiger partial charge in [0, 0.05) is 17.0 Å². The van der Waals surface area contributed by atoms with Gasteiger partial charge in [-0.25, -0.2) is 0 Å². The van der Waals surface area contributed by atoms with Gasteiger partial charge in [0.1, 0.15) is 5.69 Å². The summed E-state index contributed by atoms with van der Waals surface area (Å²) < 4.78 is 0. The molecule has 0 saturated carbocycles. The lowest BCUT2D eigenvalue weighted by atomic mass is 9.74. The number of hydrogen-bond acceptors (Lipinski definition) is 3. The van der Waals surface area contributed by atoms with Crippen molar-refractivity contribution >= 4 is 23.0 Å². The Kier molecular flexibility index (Phi) is 3.80. The predicted octanol–water partition coefficient (Wildman–Crippen LogP) is 5.69. The maximum Gasteiger partial charge on any atom is 0.292 e. The highest BCUT2D eigenvalue weighted by atomic mass is 35.5. The minimum atomic E-state index is -0.285. The van der Waals surface area contributed by atoms with Gasteiger partial charge in [-0.05, 0) is 60.6 Å². The minimum absolute atomic E-state index is 0.00649. The summed E-state index contributed by atoms with van der Waals surface area (Å²) in [6, 6.07) is 9.45. The number of fused-ring (bicyclic) bond motifs is 3. The second-order valence-electron chi connectivity index (χ2n) is 6.91. The lowest BCUT2D eigenvalue weighted by molar-refractivity contribution is -0.384. The summed E-state index contributed by atoms with van der Waals surface area (Å²) in [6.07, 6.45) is 5.35. The molecule has 128 valence electrons. The fourth-order valence-electron chi connectivity index (χ4n) is 4.25. The third-order valence-corrected chi connectivity index (χ3v) is 5.79. The molecule has 0 saturated heterocycles. The molecule has 1 aliphatic heterocycles. The molecule has 25 heavy (non-hydrogen) atoms. The van der Waals surface area contributed by atoms with Crippen LogP contribution in [0.1, 0.15) is 40.6 Å². The number of anilines is 1. The summed E-state index contributed by atoms with van der Waals surface area (Å²) in [5, 5.41) is 15.8. The number of rotatable bonds is 2. The van der Waals surface area contributed by atoms with E-state index >= 15 is 0 Å². The number of allylic oxidation sites excluding steroid dienone is 2. The first-order valence-corrected chi connectivity index (χ1v) is 8.82. The highest BCUT2D eigenvalue weighted by molar-refractivity contribution is 6.30. The van der Waals surface area contributed by atoms with Crippen LogP contribution in [0.3, 0.4) is 0 Å². The Bertz CT molecular complexity index is 907. The Morgan fingerprint density at radius 1 is 1.28 bits per heavy atom. The molecule has 0 spiro atoms. The first-order valence-electron chi connectivity index (χ1n) is 8.44. The predicted molar refractivity (Wildman–Crippen MR) is 100 cm³/mol. The summed E-state index contributed by atoms with van der Waals surface area (Å²) in [7, 11) is 0. The zero-order valence-electron chi connectivity index (χ0n) is 14.1. The summed E-state index contributed by atoms with van der Waals surface area (Å²) in [4.78, 5) is 11.4. The van der Waals surface area contributed by atoms with E-state index in [2.05, 4.69) is 24.4 Å². The third-order valence-electron chi connectivity index (χ3n) is 5.55. The lowest BCUT2D eigenvalue weighted by Gasteiger charge is -2.38. The maximum atomic E-state index is 11.7. The normalized spacial score (nSPS) is 23.7. The molecule has 2 aromatic rings. The summed E-state index contributed by atoms with van der Waals surface area (Å²) in [5.74, 6) is 0.532. The average molecular weight is 355 g/mol. The number of benzene rings is 2. The summed E-state index contributed by atoms with van der Waals surface area (Å²) >= 11 is 6.18. The standard InChI is InChI=1S/C20H19ClN2O2/c1-11-9-17(23(24)25)20-18(12(11)2)15-7-4-8-16(15)19(22-20)13-5-3-6-14(21)10-13/h3-7,9-10,15-16,19,22H,8H2,1-2H3/t15-,16+,19?/m1/s1. The fourth-order valence-corrected chi connectivity index (χ4v) is 4.45. The van der Waals surface area contributed by atoms with Crippen molar-refractivity contribution in [2.24, 2.45) is 5.92 Å². The first-order chi connectivity index (χ1) is 12.0. The fraction of sp³-hybridized carbons (Fsp3) is 0.300. The molecule has 1 unspecified atom stereocenters. The second kappa shape index (κ2) is 5.88. The van der Waals surface area contributed by atoms with Crippen molar-refractivity contribution in [1.29, 1.82) is 0 Å². The van der Waals surface area contributed by atoms with Crippen LogP contribution in [0.5, 0.6) is 0 Å². The van der Waals surface area contributed by atoms with Crippen molar-refractivity contribution in [3.05, 3.63) is 79.9 Å². The first kappa shape index (κ1) is 16.2. The van der Waals surface area contributed by atoms with Crippen molar-refractivity contribution in [2.45, 2.75) is 32.2 Å². The Morgan fingerprint density at radius 3 is 2.80 bits per heavy atom. The Hall–Kier alpha value is -2.33. The van der Waals surface area contributed by atoms with Gasteiger partial charge in [0.15, 0.2) is 0 Å². The van der Waals surface area contributed by atoms with Crippen molar-refractivity contribution in [2.75, 3.05) is 5.32 Å². The second-order valence-corrected chi connectivity index (χ2v) is 7.35. The molecule has 3 atom stereocenters. The van der Waals surface area contributed by atoms with Crippen LogP contribution in [0.2, 0.25) is 5.02 Å². The molecule has 0 fully saturated rings. The van der Waals surface area contributed by atoms with Crippen LogP contribution < -0.4 is 5.32 Å². The van der Waals surface area contributed by atoms with E-state index in [-0.39, 0.29) is 22.6 Å². The molecular weight excluding hydrogens is 336 g/mol. The van der Waals surface area contributed by atoms with E-state index in [1.807, 2.05) is 31.2 Å². The lowest BCUT2D eigenvalue weighted by Crippen LogP contribution is -2.30. The molecule has 0 aromatic heterocycles. The SMILES string of the molecule is Cc1cc([N+](=O)[O-])c2c(c1C)[C@@H]1C=CC[C@@H]1C(c1cccc(Cl)c1)N2. The maximum absolute atomic E-state index is 11.7. The van der Waals surface area contributed by atoms with Gasteiger partial charge in [-0.1, -0.05) is 35.9 Å². The van der Waals surface area contributed by atoms with E-state index in [4.69, 9.17) is 11.6 Å². The van der Waals surface area contributed by atoms with Gasteiger partial charge in [-0.3, -0.25) is 10.1 Å². The molecule has 1 heterocycles. The van der Waals surface area contributed by atoms with Gasteiger partial charge in [0.2, 0.25) is 0 Å². The highest BCUT2D eigenvalue weighted by Gasteiger charge is 2.41. The van der Waals surface area contributed by atoms with Crippen molar-refractivity contribution in [3.8, 4) is 0 Å². The molecule has 4 rings (SSSR count). The molecule has 1 N–H and O–H groups in total. The van der Waals surface area contributed by atoms with E-state index in [1.165, 1.54) is 0 Å². The van der Waals surface area contributed by atoms with E-state index in [9.17, 15) is 10.1 Å². The molecule has 2 aromatic carbocycles. The van der Waals surface area contributed by atoms with Gasteiger partial charge in [-0.2, -0.15) is 0 Å². The minimum Gasteiger partial charge on any atom is -0.372 e. The van der Waals surface area contributed by atoms with E-state index in [0.29, 0.717) is 16.6 Å². The number of nitrogens with one attached hydrogen (secondary N) is 1. The van der Waals surface area contributed by atoms with Crippen molar-refractivity contribution in [3.63, 3.8) is 0 Å². The Labute approximate surface area is 151 Å². The summed E-state index contributed by atoms with van der Waals surface area (Å²) in [5.41, 5.74) is 5.06. The van der Waals surface area contributed by atoms with E-state index in [1.54, 1.807) is 6.07 Å². The van der Waals surface area contributed by atoms with Crippen LogP contribution in [-0.2, 0) is 0 Å². The number of nitrogens with zero attached hydrogens (tertiary/aromatic N) is 1. The number of halogens is 1. The molecule has 0 amide bonds. The van der Waals surface area contributed by atoms with Gasteiger partial charge in [0.05, 0.1) is 11.0 Å². The molecule has 5 heteroatoms. The van der Waals surface area contributed by atoms with Gasteiger partial charge in [0.25, 0.3) is 5.69 Å². The van der Waals surface area contributed by atoms with Gasteiger partial charge in [-0.15, -0.1) is 0 Å². The molecule has 4 nitrogen and oxygen atoms in total. The summed E-state index contributed by atoms with van der Waals surface area (Å²) in [6.45, 7) is 4.00. The van der Waals surface area contributed by atoms with Crippen LogP contribution in [-0.4, -0.2) is 4.92 Å². The zero-order valence-corrected chi connectivity index (χ0v) is 14.9. The van der Waals surface area contributed by atoms with Crippen LogP contribution in [0, 0.1) is 29.9 Å². The molecular formula is C20H19ClN2O2. The topological polar surface area (TPSA) is 55.2 Å². The van der Waals surface area contributed by atoms with E-state index in [0.717, 1.165) is 28.7 Å². The monoisotopic (exact) mass is 354 g/mol. The van der Waals surface area contributed by atoms with Crippen molar-refractivity contribution in [1.82, 2.24) is 0 Å². The third kappa shape index (κ3) is 2.52. The highest BCUT2D eigenvalue weighted by Crippen LogP contribution is 2.53. The molecule has 1 aliphatic carbocycles. The van der Waals surface area contributed by atoms with Crippen LogP contribution in [0.15, 0.2) is 42.5 Å². The molecule has 0 bridgehead atoms.